The Morgan fingerprint density at radius 1 is 1.05 bits per heavy atom. The SMILES string of the molecule is COc1cc(/C=C2\C(=O)NC(=O)N(c3ccc(Br)c(C)c3)C2=O)cc(I)c1OCc1ccc(Cl)c(Cl)c1. The average molecular weight is 716 g/mol. The van der Waals surface area contributed by atoms with Gasteiger partial charge in [-0.25, -0.2) is 9.69 Å². The number of nitrogens with zero attached hydrogens (tertiary/aromatic N) is 1. The van der Waals surface area contributed by atoms with Crippen molar-refractivity contribution >= 4 is 91.3 Å². The molecule has 11 heteroatoms. The van der Waals surface area contributed by atoms with Crippen molar-refractivity contribution < 1.29 is 23.9 Å². The van der Waals surface area contributed by atoms with Crippen molar-refractivity contribution in [1.82, 2.24) is 5.32 Å². The van der Waals surface area contributed by atoms with Crippen LogP contribution in [0.25, 0.3) is 6.08 Å². The van der Waals surface area contributed by atoms with Crippen molar-refractivity contribution in [3.8, 4) is 11.5 Å². The van der Waals surface area contributed by atoms with E-state index in [2.05, 4.69) is 43.8 Å². The summed E-state index contributed by atoms with van der Waals surface area (Å²) in [6.07, 6.45) is 1.41. The lowest BCUT2D eigenvalue weighted by atomic mass is 10.1. The summed E-state index contributed by atoms with van der Waals surface area (Å²) < 4.78 is 13.0. The highest BCUT2D eigenvalue weighted by molar-refractivity contribution is 14.1. The van der Waals surface area contributed by atoms with E-state index in [9.17, 15) is 14.4 Å². The van der Waals surface area contributed by atoms with E-state index < -0.39 is 17.8 Å². The van der Waals surface area contributed by atoms with Gasteiger partial charge in [0.05, 0.1) is 26.4 Å². The highest BCUT2D eigenvalue weighted by Gasteiger charge is 2.37. The number of hydrogen-bond acceptors (Lipinski definition) is 5. The fourth-order valence-electron chi connectivity index (χ4n) is 3.57. The number of nitrogens with one attached hydrogen (secondary N) is 1. The second kappa shape index (κ2) is 11.4. The highest BCUT2D eigenvalue weighted by atomic mass is 127. The molecular formula is C26H18BrCl2IN2O5. The van der Waals surface area contributed by atoms with Gasteiger partial charge in [-0.05, 0) is 94.7 Å². The van der Waals surface area contributed by atoms with Crippen LogP contribution >= 0.6 is 61.7 Å². The Kier molecular flexibility index (Phi) is 8.47. The van der Waals surface area contributed by atoms with Crippen LogP contribution in [0, 0.1) is 10.5 Å². The van der Waals surface area contributed by atoms with Gasteiger partial charge in [0.25, 0.3) is 11.8 Å². The minimum absolute atomic E-state index is 0.192. The molecule has 3 aromatic carbocycles. The molecule has 4 amide bonds. The highest BCUT2D eigenvalue weighted by Crippen LogP contribution is 2.36. The van der Waals surface area contributed by atoms with Crippen molar-refractivity contribution in [3.05, 3.63) is 88.9 Å². The minimum atomic E-state index is -0.813. The van der Waals surface area contributed by atoms with Gasteiger partial charge >= 0.3 is 6.03 Å². The molecule has 0 atom stereocenters. The number of amides is 4. The van der Waals surface area contributed by atoms with E-state index in [0.29, 0.717) is 36.4 Å². The van der Waals surface area contributed by atoms with Gasteiger partial charge in [-0.1, -0.05) is 45.2 Å². The normalized spacial score (nSPS) is 14.7. The zero-order chi connectivity index (χ0) is 26.9. The summed E-state index contributed by atoms with van der Waals surface area (Å²) in [5, 5.41) is 3.11. The topological polar surface area (TPSA) is 84.9 Å². The van der Waals surface area contributed by atoms with Gasteiger partial charge in [-0.2, -0.15) is 0 Å². The van der Waals surface area contributed by atoms with Crippen LogP contribution in [-0.2, 0) is 16.2 Å². The fraction of sp³-hybridized carbons (Fsp3) is 0.115. The molecule has 190 valence electrons. The Morgan fingerprint density at radius 3 is 2.49 bits per heavy atom. The molecule has 0 bridgehead atoms. The summed E-state index contributed by atoms with van der Waals surface area (Å²) in [7, 11) is 1.49. The first-order chi connectivity index (χ1) is 17.6. The smallest absolute Gasteiger partial charge is 0.335 e. The van der Waals surface area contributed by atoms with Crippen molar-refractivity contribution in [2.45, 2.75) is 13.5 Å². The molecule has 1 heterocycles. The van der Waals surface area contributed by atoms with E-state index >= 15 is 0 Å². The lowest BCUT2D eigenvalue weighted by molar-refractivity contribution is -0.122. The minimum Gasteiger partial charge on any atom is -0.493 e. The predicted octanol–water partition coefficient (Wildman–Crippen LogP) is 6.92. The number of methoxy groups -OCH3 is 1. The summed E-state index contributed by atoms with van der Waals surface area (Å²) >= 11 is 17.6. The first-order valence-corrected chi connectivity index (χ1v) is 13.3. The quantitative estimate of drug-likeness (QED) is 0.170. The number of urea groups is 1. The Bertz CT molecular complexity index is 1480. The van der Waals surface area contributed by atoms with Gasteiger partial charge in [0.2, 0.25) is 0 Å². The van der Waals surface area contributed by atoms with E-state index in [-0.39, 0.29) is 12.2 Å². The molecule has 3 aromatic rings. The molecule has 4 rings (SSSR count). The first-order valence-electron chi connectivity index (χ1n) is 10.7. The molecule has 0 aliphatic carbocycles. The van der Waals surface area contributed by atoms with Gasteiger partial charge in [-0.15, -0.1) is 0 Å². The predicted molar refractivity (Wildman–Crippen MR) is 154 cm³/mol. The van der Waals surface area contributed by atoms with Gasteiger partial charge in [0.1, 0.15) is 12.2 Å². The molecule has 0 radical (unpaired) electrons. The molecule has 0 aromatic heterocycles. The number of ether oxygens (including phenoxy) is 2. The van der Waals surface area contributed by atoms with E-state index in [4.69, 9.17) is 32.7 Å². The maximum absolute atomic E-state index is 13.3. The van der Waals surface area contributed by atoms with Crippen LogP contribution in [0.15, 0.2) is 58.6 Å². The average Bonchev–Trinajstić information content (AvgIpc) is 2.85. The third-order valence-electron chi connectivity index (χ3n) is 5.43. The molecule has 1 saturated heterocycles. The molecule has 1 fully saturated rings. The third-order valence-corrected chi connectivity index (χ3v) is 7.86. The molecule has 0 spiro atoms. The number of benzene rings is 3. The number of anilines is 1. The van der Waals surface area contributed by atoms with Crippen molar-refractivity contribution in [2.24, 2.45) is 0 Å². The van der Waals surface area contributed by atoms with Gasteiger partial charge in [-0.3, -0.25) is 14.9 Å². The van der Waals surface area contributed by atoms with Gasteiger partial charge < -0.3 is 9.47 Å². The number of barbiturate groups is 1. The number of carbonyl (C=O) groups is 3. The summed E-state index contributed by atoms with van der Waals surface area (Å²) in [5.74, 6) is -0.629. The molecular weight excluding hydrogens is 698 g/mol. The van der Waals surface area contributed by atoms with Crippen LogP contribution in [0.3, 0.4) is 0 Å². The second-order valence-corrected chi connectivity index (χ2v) is 10.8. The molecule has 0 unspecified atom stereocenters. The van der Waals surface area contributed by atoms with Crippen LogP contribution in [0.5, 0.6) is 11.5 Å². The lowest BCUT2D eigenvalue weighted by Crippen LogP contribution is -2.54. The second-order valence-electron chi connectivity index (χ2n) is 7.96. The zero-order valence-corrected chi connectivity index (χ0v) is 24.7. The number of rotatable bonds is 6. The summed E-state index contributed by atoms with van der Waals surface area (Å²) in [5.41, 5.74) is 2.32. The van der Waals surface area contributed by atoms with Crippen LogP contribution in [0.4, 0.5) is 10.5 Å². The zero-order valence-electron chi connectivity index (χ0n) is 19.4. The van der Waals surface area contributed by atoms with Gasteiger partial charge in [0.15, 0.2) is 11.5 Å². The lowest BCUT2D eigenvalue weighted by Gasteiger charge is -2.26. The Morgan fingerprint density at radius 2 is 1.81 bits per heavy atom. The number of imide groups is 2. The van der Waals surface area contributed by atoms with Crippen molar-refractivity contribution in [3.63, 3.8) is 0 Å². The van der Waals surface area contributed by atoms with Crippen LogP contribution < -0.4 is 19.7 Å². The van der Waals surface area contributed by atoms with Crippen LogP contribution in [0.2, 0.25) is 10.0 Å². The maximum atomic E-state index is 13.3. The Labute approximate surface area is 245 Å². The number of halogens is 4. The number of carbonyl (C=O) groups excluding carboxylic acids is 3. The number of hydrogen-bond donors (Lipinski definition) is 1. The first kappa shape index (κ1) is 27.4. The molecule has 0 saturated carbocycles. The maximum Gasteiger partial charge on any atom is 0.335 e. The number of aryl methyl sites for hydroxylation is 1. The molecule has 7 nitrogen and oxygen atoms in total. The Balaban J connectivity index is 1.64. The van der Waals surface area contributed by atoms with Crippen LogP contribution in [0.1, 0.15) is 16.7 Å². The fourth-order valence-corrected chi connectivity index (χ4v) is 4.92. The largest absolute Gasteiger partial charge is 0.493 e. The van der Waals surface area contributed by atoms with Crippen molar-refractivity contribution in [2.75, 3.05) is 12.0 Å². The van der Waals surface area contributed by atoms with E-state index in [1.807, 2.05) is 6.92 Å². The molecule has 1 aliphatic rings. The summed E-state index contributed by atoms with van der Waals surface area (Å²) in [6, 6.07) is 12.8. The van der Waals surface area contributed by atoms with Crippen molar-refractivity contribution in [1.29, 1.82) is 0 Å². The molecule has 1 N–H and O–H groups in total. The standard InChI is InChI=1S/C26H18BrCl2IN2O5/c1-13-7-16(4-5-18(13)27)32-25(34)17(24(33)31-26(32)35)8-15-10-21(30)23(22(11-15)36-2)37-12-14-3-6-19(28)20(29)9-14/h3-11H,12H2,1-2H3,(H,31,33,35)/b17-8+. The van der Waals surface area contributed by atoms with Crippen LogP contribution in [-0.4, -0.2) is 25.0 Å². The molecule has 1 aliphatic heterocycles. The summed E-state index contributed by atoms with van der Waals surface area (Å²) in [4.78, 5) is 39.3. The van der Waals surface area contributed by atoms with Gasteiger partial charge in [0, 0.05) is 4.47 Å². The third kappa shape index (κ3) is 5.95. The van der Waals surface area contributed by atoms with E-state index in [1.165, 1.54) is 13.2 Å². The summed E-state index contributed by atoms with van der Waals surface area (Å²) in [6.45, 7) is 2.05. The van der Waals surface area contributed by atoms with E-state index in [1.54, 1.807) is 48.5 Å². The molecule has 37 heavy (non-hydrogen) atoms. The van der Waals surface area contributed by atoms with E-state index in [0.717, 1.165) is 20.5 Å². The Hall–Kier alpha value is -2.60. The monoisotopic (exact) mass is 714 g/mol.